The summed E-state index contributed by atoms with van der Waals surface area (Å²) in [6.45, 7) is 2.53. The van der Waals surface area contributed by atoms with Gasteiger partial charge in [-0.1, -0.05) is 0 Å². The van der Waals surface area contributed by atoms with Crippen LogP contribution in [0.4, 0.5) is 0 Å². The Balaban J connectivity index is 1.64. The molecule has 0 spiro atoms. The normalized spacial score (nSPS) is 21.6. The molecule has 2 saturated carbocycles. The van der Waals surface area contributed by atoms with Gasteiger partial charge in [0, 0.05) is 18.6 Å². The fourth-order valence-electron chi connectivity index (χ4n) is 1.97. The van der Waals surface area contributed by atoms with E-state index in [1.807, 2.05) is 0 Å². The van der Waals surface area contributed by atoms with Crippen LogP contribution in [-0.4, -0.2) is 44.5 Å². The monoisotopic (exact) mass is 274 g/mol. The highest BCUT2D eigenvalue weighted by Crippen LogP contribution is 2.32. The lowest BCUT2D eigenvalue weighted by Gasteiger charge is -2.12. The van der Waals surface area contributed by atoms with Crippen LogP contribution < -0.4 is 10.6 Å². The molecule has 2 aliphatic carbocycles. The fraction of sp³-hybridized carbons (Fsp3) is 0.917. The van der Waals surface area contributed by atoms with Crippen molar-refractivity contribution < 1.29 is 13.2 Å². The third kappa shape index (κ3) is 4.94. The van der Waals surface area contributed by atoms with Gasteiger partial charge in [0.25, 0.3) is 0 Å². The molecule has 2 aliphatic rings. The van der Waals surface area contributed by atoms with Gasteiger partial charge in [-0.05, 0) is 38.5 Å². The third-order valence-electron chi connectivity index (χ3n) is 3.50. The SMILES string of the molecule is CC(NCCS(=O)(=O)CC(=O)NC1CC1)C1CC1. The molecule has 2 fully saturated rings. The lowest BCUT2D eigenvalue weighted by Crippen LogP contribution is -2.36. The van der Waals surface area contributed by atoms with Gasteiger partial charge in [-0.3, -0.25) is 4.79 Å². The summed E-state index contributed by atoms with van der Waals surface area (Å²) in [6.07, 6.45) is 4.44. The second-order valence-electron chi connectivity index (χ2n) is 5.51. The Hall–Kier alpha value is -0.620. The molecular weight excluding hydrogens is 252 g/mol. The van der Waals surface area contributed by atoms with Gasteiger partial charge in [-0.25, -0.2) is 8.42 Å². The molecule has 2 N–H and O–H groups in total. The smallest absolute Gasteiger partial charge is 0.235 e. The number of rotatable bonds is 8. The van der Waals surface area contributed by atoms with E-state index >= 15 is 0 Å². The Bertz CT molecular complexity index is 400. The van der Waals surface area contributed by atoms with E-state index in [-0.39, 0.29) is 23.5 Å². The van der Waals surface area contributed by atoms with E-state index in [0.29, 0.717) is 18.5 Å². The van der Waals surface area contributed by atoms with E-state index < -0.39 is 9.84 Å². The van der Waals surface area contributed by atoms with Gasteiger partial charge in [0.2, 0.25) is 5.91 Å². The molecule has 5 nitrogen and oxygen atoms in total. The predicted octanol–water partition coefficient (Wildman–Crippen LogP) is 0.0679. The summed E-state index contributed by atoms with van der Waals surface area (Å²) in [7, 11) is -3.27. The zero-order valence-corrected chi connectivity index (χ0v) is 11.6. The van der Waals surface area contributed by atoms with E-state index in [4.69, 9.17) is 0 Å². The van der Waals surface area contributed by atoms with Crippen LogP contribution in [0.15, 0.2) is 0 Å². The van der Waals surface area contributed by atoms with Crippen LogP contribution >= 0.6 is 0 Å². The summed E-state index contributed by atoms with van der Waals surface area (Å²) in [5.74, 6) is 0.0316. The Kier molecular flexibility index (Phi) is 4.27. The average Bonchev–Trinajstić information content (AvgIpc) is 3.10. The van der Waals surface area contributed by atoms with Gasteiger partial charge in [-0.2, -0.15) is 0 Å². The Morgan fingerprint density at radius 3 is 2.50 bits per heavy atom. The van der Waals surface area contributed by atoms with E-state index in [9.17, 15) is 13.2 Å². The molecule has 0 heterocycles. The van der Waals surface area contributed by atoms with E-state index in [1.165, 1.54) is 12.8 Å². The van der Waals surface area contributed by atoms with Gasteiger partial charge in [0.05, 0.1) is 5.75 Å². The molecule has 0 bridgehead atoms. The molecule has 0 aromatic rings. The molecule has 0 aromatic carbocycles. The first kappa shape index (κ1) is 13.8. The highest BCUT2D eigenvalue weighted by molar-refractivity contribution is 7.92. The fourth-order valence-corrected chi connectivity index (χ4v) is 3.03. The quantitative estimate of drug-likeness (QED) is 0.657. The highest BCUT2D eigenvalue weighted by atomic mass is 32.2. The van der Waals surface area contributed by atoms with Crippen molar-refractivity contribution in [1.82, 2.24) is 10.6 Å². The van der Waals surface area contributed by atoms with Gasteiger partial charge >= 0.3 is 0 Å². The summed E-state index contributed by atoms with van der Waals surface area (Å²) >= 11 is 0. The zero-order valence-electron chi connectivity index (χ0n) is 10.8. The van der Waals surface area contributed by atoms with Crippen LogP contribution in [0, 0.1) is 5.92 Å². The number of nitrogens with one attached hydrogen (secondary N) is 2. The lowest BCUT2D eigenvalue weighted by atomic mass is 10.2. The standard InChI is InChI=1S/C12H22N2O3S/c1-9(10-2-3-10)13-6-7-18(16,17)8-12(15)14-11-4-5-11/h9-11,13H,2-8H2,1H3,(H,14,15). The number of carbonyl (C=O) groups excluding carboxylic acids is 1. The molecule has 0 aromatic heterocycles. The molecule has 1 atom stereocenters. The van der Waals surface area contributed by atoms with Crippen LogP contribution in [0.3, 0.4) is 0 Å². The van der Waals surface area contributed by atoms with Gasteiger partial charge in [0.1, 0.15) is 5.75 Å². The molecule has 2 rings (SSSR count). The van der Waals surface area contributed by atoms with Crippen molar-refractivity contribution in [3.8, 4) is 0 Å². The molecule has 1 amide bonds. The first-order chi connectivity index (χ1) is 8.46. The van der Waals surface area contributed by atoms with Crippen molar-refractivity contribution in [2.45, 2.75) is 44.7 Å². The van der Waals surface area contributed by atoms with Crippen molar-refractivity contribution in [3.05, 3.63) is 0 Å². The van der Waals surface area contributed by atoms with E-state index in [2.05, 4.69) is 17.6 Å². The zero-order chi connectivity index (χ0) is 13.2. The minimum absolute atomic E-state index is 0.0438. The minimum atomic E-state index is -3.27. The largest absolute Gasteiger partial charge is 0.352 e. The summed E-state index contributed by atoms with van der Waals surface area (Å²) in [5, 5.41) is 5.92. The summed E-state index contributed by atoms with van der Waals surface area (Å²) in [6, 6.07) is 0.612. The van der Waals surface area contributed by atoms with Crippen molar-refractivity contribution in [2.24, 2.45) is 5.92 Å². The maximum Gasteiger partial charge on any atom is 0.235 e. The Labute approximate surface area is 109 Å². The molecule has 0 aliphatic heterocycles. The van der Waals surface area contributed by atoms with Crippen LogP contribution in [0.5, 0.6) is 0 Å². The van der Waals surface area contributed by atoms with Crippen molar-refractivity contribution in [3.63, 3.8) is 0 Å². The molecule has 104 valence electrons. The average molecular weight is 274 g/mol. The maximum absolute atomic E-state index is 11.7. The molecule has 1 unspecified atom stereocenters. The Morgan fingerprint density at radius 2 is 1.94 bits per heavy atom. The van der Waals surface area contributed by atoms with Crippen LogP contribution in [0.2, 0.25) is 0 Å². The second-order valence-corrected chi connectivity index (χ2v) is 7.70. The van der Waals surface area contributed by atoms with Gasteiger partial charge in [0.15, 0.2) is 9.84 Å². The minimum Gasteiger partial charge on any atom is -0.352 e. The summed E-state index contributed by atoms with van der Waals surface area (Å²) in [4.78, 5) is 11.4. The van der Waals surface area contributed by atoms with Crippen molar-refractivity contribution >= 4 is 15.7 Å². The lowest BCUT2D eigenvalue weighted by molar-refractivity contribution is -0.118. The number of hydrogen-bond donors (Lipinski definition) is 2. The number of amides is 1. The summed E-state index contributed by atoms with van der Waals surface area (Å²) in [5.41, 5.74) is 0. The maximum atomic E-state index is 11.7. The predicted molar refractivity (Wildman–Crippen MR) is 70.0 cm³/mol. The van der Waals surface area contributed by atoms with E-state index in [0.717, 1.165) is 12.8 Å². The second kappa shape index (κ2) is 5.57. The van der Waals surface area contributed by atoms with Crippen molar-refractivity contribution in [1.29, 1.82) is 0 Å². The van der Waals surface area contributed by atoms with Crippen LogP contribution in [0.1, 0.15) is 32.6 Å². The Morgan fingerprint density at radius 1 is 1.28 bits per heavy atom. The molecule has 6 heteroatoms. The highest BCUT2D eigenvalue weighted by Gasteiger charge is 2.28. The summed E-state index contributed by atoms with van der Waals surface area (Å²) < 4.78 is 23.4. The number of sulfone groups is 1. The topological polar surface area (TPSA) is 75.3 Å². The first-order valence-corrected chi connectivity index (χ1v) is 8.51. The van der Waals surface area contributed by atoms with Gasteiger partial charge < -0.3 is 10.6 Å². The van der Waals surface area contributed by atoms with Gasteiger partial charge in [-0.15, -0.1) is 0 Å². The number of hydrogen-bond acceptors (Lipinski definition) is 4. The van der Waals surface area contributed by atoms with Crippen LogP contribution in [-0.2, 0) is 14.6 Å². The first-order valence-electron chi connectivity index (χ1n) is 6.69. The van der Waals surface area contributed by atoms with Crippen molar-refractivity contribution in [2.75, 3.05) is 18.1 Å². The molecular formula is C12H22N2O3S. The molecule has 18 heavy (non-hydrogen) atoms. The van der Waals surface area contributed by atoms with Crippen LogP contribution in [0.25, 0.3) is 0 Å². The third-order valence-corrected chi connectivity index (χ3v) is 5.03. The molecule has 0 radical (unpaired) electrons. The molecule has 0 saturated heterocycles. The van der Waals surface area contributed by atoms with E-state index in [1.54, 1.807) is 0 Å². The number of carbonyl (C=O) groups is 1.